The molecule has 0 rings (SSSR count). The first-order chi connectivity index (χ1) is 5.20. The fourth-order valence-corrected chi connectivity index (χ4v) is 0.618. The lowest BCUT2D eigenvalue weighted by Crippen LogP contribution is -2.14. The van der Waals surface area contributed by atoms with Gasteiger partial charge in [0, 0.05) is 0 Å². The van der Waals surface area contributed by atoms with Gasteiger partial charge < -0.3 is 10.5 Å². The Labute approximate surface area is 66.5 Å². The van der Waals surface area contributed by atoms with Gasteiger partial charge in [-0.3, -0.25) is 0 Å². The van der Waals surface area contributed by atoms with Gasteiger partial charge in [-0.25, -0.2) is 4.79 Å². The molecule has 0 bridgehead atoms. The quantitative estimate of drug-likeness (QED) is 0.627. The number of hydrogen-bond donors (Lipinski definition) is 1. The molecule has 62 valence electrons. The van der Waals surface area contributed by atoms with Gasteiger partial charge in [0.1, 0.15) is 6.61 Å². The van der Waals surface area contributed by atoms with Crippen LogP contribution < -0.4 is 5.73 Å². The number of rotatable bonds is 4. The van der Waals surface area contributed by atoms with Crippen molar-refractivity contribution in [2.75, 3.05) is 6.61 Å². The van der Waals surface area contributed by atoms with Crippen LogP contribution in [0.15, 0.2) is 24.3 Å². The summed E-state index contributed by atoms with van der Waals surface area (Å²) in [6.45, 7) is 5.77. The first-order valence-corrected chi connectivity index (χ1v) is 3.44. The van der Waals surface area contributed by atoms with Gasteiger partial charge in [0.25, 0.3) is 0 Å². The normalized spacial score (nSPS) is 10.8. The maximum Gasteiger partial charge on any atom is 0.404 e. The topological polar surface area (TPSA) is 52.3 Å². The lowest BCUT2D eigenvalue weighted by Gasteiger charge is -2.00. The van der Waals surface area contributed by atoms with E-state index in [1.165, 1.54) is 0 Å². The number of hydrogen-bond acceptors (Lipinski definition) is 2. The van der Waals surface area contributed by atoms with Crippen molar-refractivity contribution in [2.45, 2.75) is 13.3 Å². The molecule has 0 unspecified atom stereocenters. The second kappa shape index (κ2) is 5.53. The molecule has 3 heteroatoms. The Balaban J connectivity index is 3.79. The van der Waals surface area contributed by atoms with Crippen molar-refractivity contribution < 1.29 is 9.53 Å². The third-order valence-electron chi connectivity index (χ3n) is 1.11. The highest BCUT2D eigenvalue weighted by atomic mass is 16.5. The van der Waals surface area contributed by atoms with E-state index < -0.39 is 6.09 Å². The average Bonchev–Trinajstić information content (AvgIpc) is 1.97. The largest absolute Gasteiger partial charge is 0.445 e. The van der Waals surface area contributed by atoms with Gasteiger partial charge in [0.15, 0.2) is 0 Å². The van der Waals surface area contributed by atoms with Crippen molar-refractivity contribution in [1.82, 2.24) is 0 Å². The van der Waals surface area contributed by atoms with Gasteiger partial charge in [-0.15, -0.1) is 0 Å². The lowest BCUT2D eigenvalue weighted by molar-refractivity contribution is 0.167. The maximum absolute atomic E-state index is 10.2. The minimum absolute atomic E-state index is 0.215. The van der Waals surface area contributed by atoms with Crippen LogP contribution in [0.25, 0.3) is 0 Å². The number of primary amides is 1. The van der Waals surface area contributed by atoms with Gasteiger partial charge in [-0.2, -0.15) is 0 Å². The molecule has 0 aromatic heterocycles. The van der Waals surface area contributed by atoms with Crippen molar-refractivity contribution in [2.24, 2.45) is 5.73 Å². The molecule has 0 aromatic carbocycles. The third kappa shape index (κ3) is 5.21. The predicted octanol–water partition coefficient (Wildman–Crippen LogP) is 1.60. The molecule has 0 atom stereocenters. The molecule has 3 nitrogen and oxygen atoms in total. The monoisotopic (exact) mass is 155 g/mol. The molecule has 0 aliphatic heterocycles. The summed E-state index contributed by atoms with van der Waals surface area (Å²) in [5.74, 6) is 0. The smallest absolute Gasteiger partial charge is 0.404 e. The number of nitrogens with two attached hydrogens (primary N) is 1. The number of ether oxygens (including phenoxy) is 1. The van der Waals surface area contributed by atoms with E-state index in [2.05, 4.69) is 11.3 Å². The first-order valence-electron chi connectivity index (χ1n) is 3.44. The summed E-state index contributed by atoms with van der Waals surface area (Å²) in [4.78, 5) is 10.2. The minimum Gasteiger partial charge on any atom is -0.445 e. The van der Waals surface area contributed by atoms with Crippen LogP contribution in [0.2, 0.25) is 0 Å². The lowest BCUT2D eigenvalue weighted by atomic mass is 10.2. The van der Waals surface area contributed by atoms with Crippen LogP contribution in [0, 0.1) is 0 Å². The molecule has 11 heavy (non-hydrogen) atoms. The molecule has 2 N–H and O–H groups in total. The predicted molar refractivity (Wildman–Crippen MR) is 44.1 cm³/mol. The zero-order chi connectivity index (χ0) is 8.69. The van der Waals surface area contributed by atoms with Crippen LogP contribution in [0.4, 0.5) is 4.79 Å². The number of carbonyl (C=O) groups is 1. The van der Waals surface area contributed by atoms with Gasteiger partial charge in [-0.05, 0) is 12.0 Å². The maximum atomic E-state index is 10.2. The summed E-state index contributed by atoms with van der Waals surface area (Å²) in [6.07, 6.45) is 3.71. The number of amides is 1. The molecule has 0 aliphatic rings. The first kappa shape index (κ1) is 9.75. The third-order valence-corrected chi connectivity index (χ3v) is 1.11. The van der Waals surface area contributed by atoms with Gasteiger partial charge in [0.05, 0.1) is 0 Å². The SMILES string of the molecule is C=C/C(=C\CC)COC(N)=O. The molecule has 0 aliphatic carbocycles. The highest BCUT2D eigenvalue weighted by Crippen LogP contribution is 1.98. The summed E-state index contributed by atoms with van der Waals surface area (Å²) in [5.41, 5.74) is 5.65. The van der Waals surface area contributed by atoms with Crippen molar-refractivity contribution in [3.63, 3.8) is 0 Å². The van der Waals surface area contributed by atoms with Crippen molar-refractivity contribution in [3.8, 4) is 0 Å². The molecular formula is C8H13NO2. The van der Waals surface area contributed by atoms with E-state index in [0.29, 0.717) is 0 Å². The van der Waals surface area contributed by atoms with Crippen LogP contribution >= 0.6 is 0 Å². The molecule has 1 amide bonds. The van der Waals surface area contributed by atoms with Crippen LogP contribution in [-0.2, 0) is 4.74 Å². The summed E-state index contributed by atoms with van der Waals surface area (Å²) < 4.78 is 4.55. The fourth-order valence-electron chi connectivity index (χ4n) is 0.618. The van der Waals surface area contributed by atoms with Crippen molar-refractivity contribution in [1.29, 1.82) is 0 Å². The second-order valence-electron chi connectivity index (χ2n) is 2.00. The Morgan fingerprint density at radius 1 is 1.73 bits per heavy atom. The molecule has 0 radical (unpaired) electrons. The number of allylic oxidation sites excluding steroid dienone is 1. The molecule has 0 saturated carbocycles. The van der Waals surface area contributed by atoms with Crippen LogP contribution in [0.1, 0.15) is 13.3 Å². The van der Waals surface area contributed by atoms with E-state index in [-0.39, 0.29) is 6.61 Å². The molecule has 0 saturated heterocycles. The minimum atomic E-state index is -0.756. The fraction of sp³-hybridized carbons (Fsp3) is 0.375. The summed E-state index contributed by atoms with van der Waals surface area (Å²) in [6, 6.07) is 0. The second-order valence-corrected chi connectivity index (χ2v) is 2.00. The van der Waals surface area contributed by atoms with Crippen LogP contribution in [0.3, 0.4) is 0 Å². The standard InChI is InChI=1S/C8H13NO2/c1-3-5-7(4-2)6-11-8(9)10/h4-5H,2-3,6H2,1H3,(H2,9,10)/b7-5+. The van der Waals surface area contributed by atoms with E-state index in [1.807, 2.05) is 13.0 Å². The van der Waals surface area contributed by atoms with Gasteiger partial charge in [0.2, 0.25) is 0 Å². The highest BCUT2D eigenvalue weighted by molar-refractivity contribution is 5.64. The summed E-state index contributed by atoms with van der Waals surface area (Å²) >= 11 is 0. The van der Waals surface area contributed by atoms with Gasteiger partial charge in [-0.1, -0.05) is 25.7 Å². The Hall–Kier alpha value is -1.25. The Morgan fingerprint density at radius 3 is 2.73 bits per heavy atom. The van der Waals surface area contributed by atoms with Gasteiger partial charge >= 0.3 is 6.09 Å². The Kier molecular flexibility index (Phi) is 4.90. The van der Waals surface area contributed by atoms with Crippen LogP contribution in [-0.4, -0.2) is 12.7 Å². The molecule has 0 fully saturated rings. The zero-order valence-electron chi connectivity index (χ0n) is 6.67. The zero-order valence-corrected chi connectivity index (χ0v) is 6.67. The van der Waals surface area contributed by atoms with E-state index in [9.17, 15) is 4.79 Å². The molecule has 0 heterocycles. The van der Waals surface area contributed by atoms with E-state index in [0.717, 1.165) is 12.0 Å². The Bertz CT molecular complexity index is 173. The van der Waals surface area contributed by atoms with E-state index in [1.54, 1.807) is 6.08 Å². The van der Waals surface area contributed by atoms with Crippen molar-refractivity contribution >= 4 is 6.09 Å². The van der Waals surface area contributed by atoms with Crippen molar-refractivity contribution in [3.05, 3.63) is 24.3 Å². The van der Waals surface area contributed by atoms with E-state index in [4.69, 9.17) is 5.73 Å². The molecule has 0 aromatic rings. The number of carbonyl (C=O) groups excluding carboxylic acids is 1. The summed E-state index contributed by atoms with van der Waals surface area (Å²) in [5, 5.41) is 0. The van der Waals surface area contributed by atoms with Crippen LogP contribution in [0.5, 0.6) is 0 Å². The highest BCUT2D eigenvalue weighted by Gasteiger charge is 1.94. The Morgan fingerprint density at radius 2 is 2.36 bits per heavy atom. The molecular weight excluding hydrogens is 142 g/mol. The summed E-state index contributed by atoms with van der Waals surface area (Å²) in [7, 11) is 0. The van der Waals surface area contributed by atoms with E-state index >= 15 is 0 Å². The molecule has 0 spiro atoms. The average molecular weight is 155 g/mol.